The third-order valence-electron chi connectivity index (χ3n) is 6.37. The van der Waals surface area contributed by atoms with E-state index < -0.39 is 68.3 Å². The van der Waals surface area contributed by atoms with Crippen molar-refractivity contribution in [2.75, 3.05) is 6.16 Å². The molecule has 206 valence electrons. The number of aliphatic hydroxyl groups excluding tert-OH is 3. The van der Waals surface area contributed by atoms with Gasteiger partial charge in [0.1, 0.15) is 24.4 Å². The molecular formula is C24H35N2O10P. The van der Waals surface area contributed by atoms with E-state index in [9.17, 15) is 39.5 Å². The van der Waals surface area contributed by atoms with E-state index in [2.05, 4.69) is 10.3 Å². The number of hydrogen-bond acceptors (Lipinski definition) is 8. The van der Waals surface area contributed by atoms with Gasteiger partial charge in [-0.3, -0.25) is 13.9 Å². The molecular weight excluding hydrogens is 507 g/mol. The van der Waals surface area contributed by atoms with Crippen LogP contribution in [-0.2, 0) is 29.8 Å². The largest absolute Gasteiger partial charge is 0.480 e. The quantitative estimate of drug-likeness (QED) is 0.201. The van der Waals surface area contributed by atoms with Gasteiger partial charge in [-0.1, -0.05) is 32.0 Å². The van der Waals surface area contributed by atoms with Gasteiger partial charge in [0.25, 0.3) is 0 Å². The van der Waals surface area contributed by atoms with Crippen molar-refractivity contribution < 1.29 is 48.7 Å². The van der Waals surface area contributed by atoms with Gasteiger partial charge in [0.2, 0.25) is 5.91 Å². The minimum absolute atomic E-state index is 0.00696. The standard InChI is InChI=1S/C24H35N2O10P/c1-12(2)8-15(11-37(33,34)36-24-21(29)20(28)19(27)13(3)35-24)22(30)26-18(23(31)32)9-14-10-25-17-7-5-4-6-16(14)17/h4-7,10,12-13,15,18-21,24-25,27-29H,8-9,11H2,1-3H3,(H,26,30)(H,31,32)(H,33,34)/t13?,15-,18+,19?,20?,21?,24?/m1/s1. The van der Waals surface area contributed by atoms with Crippen LogP contribution in [0.25, 0.3) is 10.9 Å². The number of para-hydroxylation sites is 1. The van der Waals surface area contributed by atoms with E-state index in [1.54, 1.807) is 20.0 Å². The minimum Gasteiger partial charge on any atom is -0.480 e. The molecule has 13 heteroatoms. The Kier molecular flexibility index (Phi) is 9.52. The highest BCUT2D eigenvalue weighted by Crippen LogP contribution is 2.47. The first-order valence-electron chi connectivity index (χ1n) is 12.1. The number of carbonyl (C=O) groups excluding carboxylic acids is 1. The first kappa shape index (κ1) is 29.2. The molecule has 0 saturated carbocycles. The molecule has 0 spiro atoms. The zero-order valence-corrected chi connectivity index (χ0v) is 21.7. The molecule has 6 unspecified atom stereocenters. The summed E-state index contributed by atoms with van der Waals surface area (Å²) in [5.41, 5.74) is 1.52. The zero-order valence-electron chi connectivity index (χ0n) is 20.9. The van der Waals surface area contributed by atoms with Gasteiger partial charge >= 0.3 is 13.6 Å². The maximum atomic E-state index is 13.1. The van der Waals surface area contributed by atoms with Crippen molar-refractivity contribution in [3.63, 3.8) is 0 Å². The van der Waals surface area contributed by atoms with Gasteiger partial charge in [0.15, 0.2) is 6.29 Å². The lowest BCUT2D eigenvalue weighted by atomic mass is 9.97. The highest BCUT2D eigenvalue weighted by Gasteiger charge is 2.45. The summed E-state index contributed by atoms with van der Waals surface area (Å²) in [5.74, 6) is -3.16. The summed E-state index contributed by atoms with van der Waals surface area (Å²) in [4.78, 5) is 38.7. The molecule has 12 nitrogen and oxygen atoms in total. The van der Waals surface area contributed by atoms with Gasteiger partial charge < -0.3 is 40.4 Å². The number of hydrogen-bond donors (Lipinski definition) is 7. The van der Waals surface area contributed by atoms with Crippen LogP contribution in [-0.4, -0.2) is 85.1 Å². The number of rotatable bonds is 11. The summed E-state index contributed by atoms with van der Waals surface area (Å²) in [7, 11) is -4.58. The van der Waals surface area contributed by atoms with Crippen LogP contribution in [0.1, 0.15) is 32.8 Å². The van der Waals surface area contributed by atoms with Crippen LogP contribution in [0.3, 0.4) is 0 Å². The molecule has 2 heterocycles. The number of amides is 1. The van der Waals surface area contributed by atoms with Crippen molar-refractivity contribution >= 4 is 30.4 Å². The van der Waals surface area contributed by atoms with Gasteiger partial charge in [0.05, 0.1) is 12.3 Å². The molecule has 1 saturated heterocycles. The SMILES string of the molecule is CC(C)C[C@H](CP(=O)(O)OC1OC(C)C(O)C(O)C1O)C(=O)N[C@@H](Cc1c[nH]c2ccccc12)C(=O)O. The molecule has 37 heavy (non-hydrogen) atoms. The molecule has 0 radical (unpaired) electrons. The second-order valence-corrected chi connectivity index (χ2v) is 11.7. The predicted molar refractivity (Wildman–Crippen MR) is 133 cm³/mol. The number of H-pyrrole nitrogens is 1. The summed E-state index contributed by atoms with van der Waals surface area (Å²) in [6, 6.07) is 6.05. The second-order valence-electron chi connectivity index (χ2n) is 9.90. The van der Waals surface area contributed by atoms with E-state index in [4.69, 9.17) is 9.26 Å². The van der Waals surface area contributed by atoms with Crippen molar-refractivity contribution in [1.82, 2.24) is 10.3 Å². The highest BCUT2D eigenvalue weighted by atomic mass is 31.2. The third kappa shape index (κ3) is 7.38. The Balaban J connectivity index is 1.72. The molecule has 7 N–H and O–H groups in total. The minimum atomic E-state index is -4.58. The lowest BCUT2D eigenvalue weighted by Crippen LogP contribution is -2.57. The number of aromatic nitrogens is 1. The summed E-state index contributed by atoms with van der Waals surface area (Å²) in [5, 5.41) is 42.9. The number of aliphatic carboxylic acids is 1. The van der Waals surface area contributed by atoms with E-state index >= 15 is 0 Å². The second kappa shape index (κ2) is 12.0. The van der Waals surface area contributed by atoms with Crippen molar-refractivity contribution in [2.24, 2.45) is 11.8 Å². The molecule has 0 bridgehead atoms. The molecule has 1 aromatic heterocycles. The first-order chi connectivity index (χ1) is 17.3. The number of aliphatic hydroxyl groups is 3. The molecule has 1 aliphatic rings. The zero-order chi connectivity index (χ0) is 27.5. The van der Waals surface area contributed by atoms with Crippen LogP contribution in [0.15, 0.2) is 30.5 Å². The van der Waals surface area contributed by atoms with E-state index in [-0.39, 0.29) is 18.8 Å². The topological polar surface area (TPSA) is 199 Å². The van der Waals surface area contributed by atoms with E-state index in [0.717, 1.165) is 10.9 Å². The van der Waals surface area contributed by atoms with Crippen molar-refractivity contribution in [3.8, 4) is 0 Å². The van der Waals surface area contributed by atoms with Crippen molar-refractivity contribution in [3.05, 3.63) is 36.0 Å². The fourth-order valence-corrected chi connectivity index (χ4v) is 5.88. The number of carbonyl (C=O) groups is 2. The van der Waals surface area contributed by atoms with Crippen LogP contribution < -0.4 is 5.32 Å². The number of carboxylic acid groups (broad SMARTS) is 1. The summed E-state index contributed by atoms with van der Waals surface area (Å²) in [6.45, 7) is 5.00. The average molecular weight is 543 g/mol. The van der Waals surface area contributed by atoms with E-state index in [1.165, 1.54) is 6.92 Å². The molecule has 2 aromatic rings. The number of fused-ring (bicyclic) bond motifs is 1. The monoisotopic (exact) mass is 542 g/mol. The first-order valence-corrected chi connectivity index (χ1v) is 13.8. The van der Waals surface area contributed by atoms with E-state index in [0.29, 0.717) is 5.56 Å². The van der Waals surface area contributed by atoms with Crippen LogP contribution in [0.2, 0.25) is 0 Å². The molecule has 1 fully saturated rings. The van der Waals surface area contributed by atoms with Gasteiger partial charge in [-0.25, -0.2) is 4.79 Å². The molecule has 8 atom stereocenters. The van der Waals surface area contributed by atoms with E-state index in [1.807, 2.05) is 24.3 Å². The Morgan fingerprint density at radius 2 is 1.84 bits per heavy atom. The van der Waals surface area contributed by atoms with Gasteiger partial charge in [-0.2, -0.15) is 0 Å². The predicted octanol–water partition coefficient (Wildman–Crippen LogP) is 0.972. The molecule has 1 amide bonds. The fraction of sp³-hybridized carbons (Fsp3) is 0.583. The molecule has 0 aliphatic carbocycles. The van der Waals surface area contributed by atoms with Gasteiger partial charge in [-0.15, -0.1) is 0 Å². The summed E-state index contributed by atoms with van der Waals surface area (Å²) < 4.78 is 23.3. The highest BCUT2D eigenvalue weighted by molar-refractivity contribution is 7.52. The van der Waals surface area contributed by atoms with Gasteiger partial charge in [0, 0.05) is 29.4 Å². The van der Waals surface area contributed by atoms with Gasteiger partial charge in [-0.05, 0) is 30.9 Å². The summed E-state index contributed by atoms with van der Waals surface area (Å²) >= 11 is 0. The van der Waals surface area contributed by atoms with Crippen LogP contribution in [0.5, 0.6) is 0 Å². The Bertz CT molecular complexity index is 1140. The smallest absolute Gasteiger partial charge is 0.331 e. The van der Waals surface area contributed by atoms with Crippen molar-refractivity contribution in [1.29, 1.82) is 0 Å². The van der Waals surface area contributed by atoms with Crippen molar-refractivity contribution in [2.45, 2.75) is 70.4 Å². The number of nitrogens with one attached hydrogen (secondary N) is 2. The molecule has 1 aliphatic heterocycles. The van der Waals surface area contributed by atoms with Crippen LogP contribution in [0, 0.1) is 11.8 Å². The third-order valence-corrected chi connectivity index (χ3v) is 7.81. The Labute approximate surface area is 214 Å². The van der Waals surface area contributed by atoms with Crippen LogP contribution >= 0.6 is 7.60 Å². The molecule has 3 rings (SSSR count). The van der Waals surface area contributed by atoms with Crippen LogP contribution in [0.4, 0.5) is 0 Å². The lowest BCUT2D eigenvalue weighted by Gasteiger charge is -2.39. The Morgan fingerprint density at radius 1 is 1.16 bits per heavy atom. The molecule has 1 aromatic carbocycles. The average Bonchev–Trinajstić information content (AvgIpc) is 3.22. The summed E-state index contributed by atoms with van der Waals surface area (Å²) in [6.07, 6.45) is -6.41. The fourth-order valence-electron chi connectivity index (χ4n) is 4.43. The number of ether oxygens (including phenoxy) is 1. The Morgan fingerprint density at radius 3 is 2.49 bits per heavy atom. The number of benzene rings is 1. The maximum Gasteiger partial charge on any atom is 0.331 e. The number of aromatic amines is 1. The number of carboxylic acids is 1. The Hall–Kier alpha value is -2.31. The lowest BCUT2D eigenvalue weighted by molar-refractivity contribution is -0.269. The normalized spacial score (nSPS) is 27.5. The maximum absolute atomic E-state index is 13.1.